The Morgan fingerprint density at radius 1 is 0.611 bits per heavy atom. The summed E-state index contributed by atoms with van der Waals surface area (Å²) in [4.78, 5) is 0. The second-order valence-electron chi connectivity index (χ2n) is 6.55. The number of nitrogens with two attached hydrogens (primary N) is 2. The monoisotopic (exact) mass is 588 g/mol. The van der Waals surface area contributed by atoms with Gasteiger partial charge >= 0.3 is 47.7 Å². The molecule has 0 aliphatic rings. The van der Waals surface area contributed by atoms with Crippen molar-refractivity contribution in [2.45, 2.75) is 41.7 Å². The summed E-state index contributed by atoms with van der Waals surface area (Å²) in [5.74, 6) is -55.9. The number of allylic oxidation sites excluding steroid dienone is 1. The second-order valence-corrected chi connectivity index (χ2v) is 6.95. The van der Waals surface area contributed by atoms with Gasteiger partial charge in [0.2, 0.25) is 5.83 Å². The highest BCUT2D eigenvalue weighted by molar-refractivity contribution is 6.32. The van der Waals surface area contributed by atoms with Crippen LogP contribution in [0.3, 0.4) is 0 Å². The van der Waals surface area contributed by atoms with E-state index in [1.54, 1.807) is 0 Å². The van der Waals surface area contributed by atoms with Crippen molar-refractivity contribution in [2.75, 3.05) is 11.5 Å². The van der Waals surface area contributed by atoms with Gasteiger partial charge in [0.15, 0.2) is 5.75 Å². The SMILES string of the molecule is Nc1cc(Cl)c(OC(F)=C(F)C(F)(F)C(F)(F)C(F)(F)C(F)(F)C(F)(F)C(F)(F)C(F)(F)F)cc1N. The maximum Gasteiger partial charge on any atom is 0.460 e. The zero-order chi connectivity index (χ0) is 29.1. The molecule has 0 radical (unpaired) electrons. The molecule has 0 heterocycles. The third kappa shape index (κ3) is 4.40. The summed E-state index contributed by atoms with van der Waals surface area (Å²) in [6.45, 7) is 0. The minimum Gasteiger partial charge on any atom is -0.428 e. The van der Waals surface area contributed by atoms with Crippen molar-refractivity contribution >= 4 is 23.0 Å². The van der Waals surface area contributed by atoms with Crippen LogP contribution in [-0.2, 0) is 0 Å². The second kappa shape index (κ2) is 8.79. The molecule has 1 aromatic rings. The molecule has 0 aromatic heterocycles. The summed E-state index contributed by atoms with van der Waals surface area (Å²) in [6.07, 6.45) is -7.81. The Kier molecular flexibility index (Phi) is 7.69. The first-order valence-corrected chi connectivity index (χ1v) is 8.42. The number of halogens is 18. The Hall–Kier alpha value is -2.54. The number of anilines is 2. The molecule has 3 nitrogen and oxygen atoms in total. The first-order chi connectivity index (χ1) is 15.6. The van der Waals surface area contributed by atoms with E-state index in [0.29, 0.717) is 12.1 Å². The molecule has 0 saturated heterocycles. The summed E-state index contributed by atoms with van der Waals surface area (Å²) >= 11 is 5.34. The highest BCUT2D eigenvalue weighted by Crippen LogP contribution is 2.63. The molecular weight excluding hydrogens is 583 g/mol. The van der Waals surface area contributed by atoms with Gasteiger partial charge in [-0.05, 0) is 6.07 Å². The van der Waals surface area contributed by atoms with Crippen molar-refractivity contribution in [2.24, 2.45) is 0 Å². The molecule has 208 valence electrons. The fourth-order valence-corrected chi connectivity index (χ4v) is 2.24. The van der Waals surface area contributed by atoms with Gasteiger partial charge < -0.3 is 16.2 Å². The van der Waals surface area contributed by atoms with E-state index in [0.717, 1.165) is 0 Å². The van der Waals surface area contributed by atoms with Gasteiger partial charge in [0.1, 0.15) is 0 Å². The van der Waals surface area contributed by atoms with Gasteiger partial charge in [0, 0.05) is 6.07 Å². The molecule has 4 N–H and O–H groups in total. The van der Waals surface area contributed by atoms with Crippen LogP contribution in [0.25, 0.3) is 0 Å². The predicted molar refractivity (Wildman–Crippen MR) is 85.9 cm³/mol. The Balaban J connectivity index is 3.64. The van der Waals surface area contributed by atoms with Crippen LogP contribution < -0.4 is 16.2 Å². The molecule has 21 heteroatoms. The van der Waals surface area contributed by atoms with Crippen LogP contribution in [0.4, 0.5) is 86.0 Å². The molecule has 0 atom stereocenters. The molecule has 0 bridgehead atoms. The number of alkyl halides is 15. The lowest BCUT2D eigenvalue weighted by atomic mass is 9.91. The maximum atomic E-state index is 13.7. The normalized spacial score (nSPS) is 15.6. The third-order valence-electron chi connectivity index (χ3n) is 4.11. The van der Waals surface area contributed by atoms with Crippen LogP contribution in [0.15, 0.2) is 24.0 Å². The zero-order valence-corrected chi connectivity index (χ0v) is 16.8. The van der Waals surface area contributed by atoms with Crippen molar-refractivity contribution < 1.29 is 79.4 Å². The minimum absolute atomic E-state index is 0.309. The average Bonchev–Trinajstić information content (AvgIpc) is 2.69. The van der Waals surface area contributed by atoms with E-state index in [1.807, 2.05) is 0 Å². The van der Waals surface area contributed by atoms with E-state index in [2.05, 4.69) is 4.74 Å². The zero-order valence-electron chi connectivity index (χ0n) is 16.0. The van der Waals surface area contributed by atoms with Crippen molar-refractivity contribution in [3.8, 4) is 5.75 Å². The molecule has 0 saturated carbocycles. The molecule has 0 amide bonds. The third-order valence-corrected chi connectivity index (χ3v) is 4.41. The Morgan fingerprint density at radius 2 is 0.972 bits per heavy atom. The standard InChI is InChI=1S/C15H6ClF17N2O/c16-3-1-4(34)5(35)2-6(3)36-8(18)7(17)9(19,20)10(21,22)11(23,24)12(25,26)13(27,28)14(29,30)15(31,32)33/h1-2H,34-35H2. The molecule has 0 aliphatic carbocycles. The minimum atomic E-state index is -8.67. The smallest absolute Gasteiger partial charge is 0.428 e. The Bertz CT molecular complexity index is 1030. The number of benzene rings is 1. The molecule has 0 unspecified atom stereocenters. The van der Waals surface area contributed by atoms with Crippen LogP contribution in [0.2, 0.25) is 5.02 Å². The van der Waals surface area contributed by atoms with Gasteiger partial charge in [-0.25, -0.2) is 0 Å². The molecule has 1 aromatic carbocycles. The summed E-state index contributed by atoms with van der Waals surface area (Å²) in [7, 11) is 0. The molecule has 36 heavy (non-hydrogen) atoms. The van der Waals surface area contributed by atoms with E-state index in [4.69, 9.17) is 23.1 Å². The van der Waals surface area contributed by atoms with E-state index < -0.39 is 75.7 Å². The van der Waals surface area contributed by atoms with Crippen molar-refractivity contribution in [3.63, 3.8) is 0 Å². The lowest BCUT2D eigenvalue weighted by molar-refractivity contribution is -0.451. The quantitative estimate of drug-likeness (QED) is 0.190. The van der Waals surface area contributed by atoms with Gasteiger partial charge in [-0.3, -0.25) is 0 Å². The van der Waals surface area contributed by atoms with E-state index in [-0.39, 0.29) is 0 Å². The first-order valence-electron chi connectivity index (χ1n) is 8.04. The fraction of sp³-hybridized carbons (Fsp3) is 0.467. The topological polar surface area (TPSA) is 61.3 Å². The number of hydrogen-bond acceptors (Lipinski definition) is 3. The maximum absolute atomic E-state index is 13.7. The number of rotatable bonds is 8. The summed E-state index contributed by atoms with van der Waals surface area (Å²) < 4.78 is 227. The van der Waals surface area contributed by atoms with Crippen molar-refractivity contribution in [1.29, 1.82) is 0 Å². The predicted octanol–water partition coefficient (Wildman–Crippen LogP) is 7.37. The first kappa shape index (κ1) is 31.5. The summed E-state index contributed by atoms with van der Waals surface area (Å²) in [6, 6.07) is -2.79. The largest absolute Gasteiger partial charge is 0.460 e. The molecular formula is C15H6ClF17N2O. The highest BCUT2D eigenvalue weighted by atomic mass is 35.5. The lowest BCUT2D eigenvalue weighted by Crippen LogP contribution is -2.72. The van der Waals surface area contributed by atoms with Crippen LogP contribution in [0.1, 0.15) is 0 Å². The van der Waals surface area contributed by atoms with Crippen LogP contribution in [0.5, 0.6) is 5.75 Å². The van der Waals surface area contributed by atoms with Gasteiger partial charge in [0.25, 0.3) is 0 Å². The van der Waals surface area contributed by atoms with Crippen molar-refractivity contribution in [3.05, 3.63) is 29.0 Å². The van der Waals surface area contributed by atoms with E-state index in [1.165, 1.54) is 0 Å². The van der Waals surface area contributed by atoms with Gasteiger partial charge in [-0.2, -0.15) is 74.6 Å². The molecule has 0 fully saturated rings. The van der Waals surface area contributed by atoms with Gasteiger partial charge in [0.05, 0.1) is 16.4 Å². The number of hydrogen-bond donors (Lipinski definition) is 2. The van der Waals surface area contributed by atoms with Crippen LogP contribution >= 0.6 is 11.6 Å². The Labute approximate surface area is 191 Å². The highest BCUT2D eigenvalue weighted by Gasteiger charge is 2.93. The molecule has 0 spiro atoms. The molecule has 0 aliphatic heterocycles. The summed E-state index contributed by atoms with van der Waals surface area (Å²) in [5.41, 5.74) is 9.28. The lowest BCUT2D eigenvalue weighted by Gasteiger charge is -2.41. The molecule has 1 rings (SSSR count). The van der Waals surface area contributed by atoms with Crippen molar-refractivity contribution in [1.82, 2.24) is 0 Å². The number of nitrogen functional groups attached to an aromatic ring is 2. The fourth-order valence-electron chi connectivity index (χ4n) is 2.03. The number of ether oxygens (including phenoxy) is 1. The van der Waals surface area contributed by atoms with Crippen LogP contribution in [-0.4, -0.2) is 41.7 Å². The van der Waals surface area contributed by atoms with Gasteiger partial charge in [-0.15, -0.1) is 0 Å². The Morgan fingerprint density at radius 3 is 1.39 bits per heavy atom. The average molecular weight is 589 g/mol. The summed E-state index contributed by atoms with van der Waals surface area (Å²) in [5, 5.41) is -0.939. The van der Waals surface area contributed by atoms with Gasteiger partial charge in [-0.1, -0.05) is 11.6 Å². The van der Waals surface area contributed by atoms with E-state index >= 15 is 0 Å². The van der Waals surface area contributed by atoms with Crippen LogP contribution in [0, 0.1) is 0 Å². The van der Waals surface area contributed by atoms with E-state index in [9.17, 15) is 74.6 Å².